The van der Waals surface area contributed by atoms with Gasteiger partial charge in [0.25, 0.3) is 16.3 Å². The first kappa shape index (κ1) is 7.12. The first-order valence-corrected chi connectivity index (χ1v) is 5.00. The van der Waals surface area contributed by atoms with Crippen molar-refractivity contribution in [2.24, 2.45) is 11.8 Å². The molecule has 2 aliphatic rings. The molecular formula is C7H13AlO2. The van der Waals surface area contributed by atoms with Crippen LogP contribution in [0, 0.1) is 11.8 Å². The van der Waals surface area contributed by atoms with E-state index < -0.39 is 0 Å². The van der Waals surface area contributed by atoms with Gasteiger partial charge in [-0.1, -0.05) is 0 Å². The number of aliphatic hydroxyl groups excluding tert-OH is 1. The van der Waals surface area contributed by atoms with Crippen LogP contribution in [0.25, 0.3) is 0 Å². The fraction of sp³-hybridized carbons (Fsp3) is 1.00. The van der Waals surface area contributed by atoms with Gasteiger partial charge in [0.2, 0.25) is 0 Å². The number of hydrogen-bond donors (Lipinski definition) is 2. The maximum atomic E-state index is 9.75. The molecule has 2 aliphatic carbocycles. The quantitative estimate of drug-likeness (QED) is 0.446. The summed E-state index contributed by atoms with van der Waals surface area (Å²) >= 11 is 0.871. The van der Waals surface area contributed by atoms with Crippen LogP contribution >= 0.6 is 0 Å². The minimum absolute atomic E-state index is 0.0979. The van der Waals surface area contributed by atoms with Gasteiger partial charge in [-0.2, -0.15) is 0 Å². The van der Waals surface area contributed by atoms with Crippen molar-refractivity contribution < 1.29 is 10.2 Å². The van der Waals surface area contributed by atoms with Gasteiger partial charge in [0.05, 0.1) is 6.10 Å². The molecule has 2 bridgehead atoms. The van der Waals surface area contributed by atoms with Crippen molar-refractivity contribution in [2.75, 3.05) is 0 Å². The van der Waals surface area contributed by atoms with E-state index in [9.17, 15) is 10.2 Å². The molecule has 0 amide bonds. The summed E-state index contributed by atoms with van der Waals surface area (Å²) in [5.41, 5.74) is 0. The summed E-state index contributed by atoms with van der Waals surface area (Å²) in [4.78, 5) is 0. The van der Waals surface area contributed by atoms with Crippen LogP contribution in [-0.4, -0.2) is 37.1 Å². The monoisotopic (exact) mass is 156 g/mol. The van der Waals surface area contributed by atoms with E-state index in [0.29, 0.717) is 11.8 Å². The zero-order valence-corrected chi connectivity index (χ0v) is 8.25. The minimum Gasteiger partial charge on any atom is -0.406 e. The van der Waals surface area contributed by atoms with E-state index in [1.165, 1.54) is 0 Å². The Kier molecular flexibility index (Phi) is 1.41. The molecule has 3 heteroatoms. The van der Waals surface area contributed by atoms with E-state index in [0.717, 1.165) is 35.6 Å². The van der Waals surface area contributed by atoms with E-state index in [-0.39, 0.29) is 10.6 Å². The third kappa shape index (κ3) is 0.854. The van der Waals surface area contributed by atoms with Crippen molar-refractivity contribution in [1.82, 2.24) is 0 Å². The molecule has 0 spiro atoms. The average Bonchev–Trinajstić information content (AvgIpc) is 2.21. The average molecular weight is 156 g/mol. The molecule has 2 nitrogen and oxygen atoms in total. The van der Waals surface area contributed by atoms with E-state index in [1.54, 1.807) is 0 Å². The Morgan fingerprint density at radius 1 is 1.40 bits per heavy atom. The van der Waals surface area contributed by atoms with Crippen LogP contribution in [0.3, 0.4) is 0 Å². The standard InChI is InChI=1S/C7H11O2.Al.2H/c8-6-2-4-1-5(6)3-7(4)9;;;/h4-6,8-9H,1-3H2;;;. The Bertz CT molecular complexity index is 156. The van der Waals surface area contributed by atoms with Crippen molar-refractivity contribution >= 4 is 16.3 Å². The predicted molar refractivity (Wildman–Crippen MR) is 40.3 cm³/mol. The molecule has 0 aromatic carbocycles. The highest BCUT2D eigenvalue weighted by molar-refractivity contribution is 6.14. The topological polar surface area (TPSA) is 40.5 Å². The SMILES string of the molecule is OC1CC2CC1C[C]2(O)[AlH2]. The fourth-order valence-electron chi connectivity index (χ4n) is 2.53. The molecule has 2 rings (SSSR count). The summed E-state index contributed by atoms with van der Waals surface area (Å²) in [6, 6.07) is 0. The summed E-state index contributed by atoms with van der Waals surface area (Å²) in [5, 5.41) is 19.1. The lowest BCUT2D eigenvalue weighted by Gasteiger charge is -2.30. The lowest BCUT2D eigenvalue weighted by atomic mass is 9.94. The van der Waals surface area contributed by atoms with Gasteiger partial charge >= 0.3 is 0 Å². The van der Waals surface area contributed by atoms with Crippen LogP contribution < -0.4 is 0 Å². The third-order valence-corrected chi connectivity index (χ3v) is 4.44. The highest BCUT2D eigenvalue weighted by Gasteiger charge is 2.50. The van der Waals surface area contributed by atoms with Crippen molar-refractivity contribution in [3.8, 4) is 0 Å². The summed E-state index contributed by atoms with van der Waals surface area (Å²) in [7, 11) is 0. The van der Waals surface area contributed by atoms with Gasteiger partial charge in [-0.3, -0.25) is 0 Å². The second kappa shape index (κ2) is 1.98. The second-order valence-electron chi connectivity index (χ2n) is 4.06. The third-order valence-electron chi connectivity index (χ3n) is 3.21. The summed E-state index contributed by atoms with van der Waals surface area (Å²) in [6.45, 7) is 0. The van der Waals surface area contributed by atoms with Gasteiger partial charge in [0.15, 0.2) is 0 Å². The molecule has 0 aliphatic heterocycles. The van der Waals surface area contributed by atoms with Gasteiger partial charge in [0, 0.05) is 4.46 Å². The molecule has 4 unspecified atom stereocenters. The number of rotatable bonds is 0. The Balaban J connectivity index is 2.16. The number of aliphatic hydroxyl groups is 2. The van der Waals surface area contributed by atoms with Crippen LogP contribution in [0.5, 0.6) is 0 Å². The maximum absolute atomic E-state index is 9.75. The zero-order valence-electron chi connectivity index (χ0n) is 6.25. The lowest BCUT2D eigenvalue weighted by molar-refractivity contribution is 0.0172. The van der Waals surface area contributed by atoms with Gasteiger partial charge < -0.3 is 10.2 Å². The molecular weight excluding hydrogens is 143 g/mol. The zero-order chi connectivity index (χ0) is 7.35. The van der Waals surface area contributed by atoms with Crippen molar-refractivity contribution in [3.05, 3.63) is 0 Å². The van der Waals surface area contributed by atoms with E-state index in [2.05, 4.69) is 0 Å². The van der Waals surface area contributed by atoms with Crippen molar-refractivity contribution in [2.45, 2.75) is 29.8 Å². The van der Waals surface area contributed by atoms with Gasteiger partial charge in [-0.25, -0.2) is 0 Å². The van der Waals surface area contributed by atoms with Crippen LogP contribution in [0.15, 0.2) is 0 Å². The molecule has 0 aromatic heterocycles. The molecule has 56 valence electrons. The number of hydrogen-bond acceptors (Lipinski definition) is 2. The fourth-order valence-corrected chi connectivity index (χ4v) is 3.52. The molecule has 2 saturated carbocycles. The maximum Gasteiger partial charge on any atom is 0.264 e. The highest BCUT2D eigenvalue weighted by Crippen LogP contribution is 2.49. The molecule has 2 N–H and O–H groups in total. The van der Waals surface area contributed by atoms with Gasteiger partial charge in [-0.05, 0) is 31.1 Å². The first-order valence-electron chi connectivity index (χ1n) is 4.00. The smallest absolute Gasteiger partial charge is 0.264 e. The lowest BCUT2D eigenvalue weighted by Crippen LogP contribution is -2.39. The van der Waals surface area contributed by atoms with Crippen LogP contribution in [0.1, 0.15) is 19.3 Å². The van der Waals surface area contributed by atoms with E-state index in [1.807, 2.05) is 0 Å². The Hall–Kier alpha value is 0.452. The highest BCUT2D eigenvalue weighted by atomic mass is 27.0. The normalized spacial score (nSPS) is 59.6. The Labute approximate surface area is 68.7 Å². The van der Waals surface area contributed by atoms with E-state index >= 15 is 0 Å². The van der Waals surface area contributed by atoms with Crippen molar-refractivity contribution in [1.29, 1.82) is 0 Å². The first-order chi connectivity index (χ1) is 4.59. The van der Waals surface area contributed by atoms with Crippen molar-refractivity contribution in [3.63, 3.8) is 0 Å². The predicted octanol–water partition coefficient (Wildman–Crippen LogP) is -0.901. The summed E-state index contributed by atoms with van der Waals surface area (Å²) in [5.74, 6) is 0.853. The Morgan fingerprint density at radius 2 is 2.10 bits per heavy atom. The summed E-state index contributed by atoms with van der Waals surface area (Å²) < 4.78 is -0.329. The van der Waals surface area contributed by atoms with Crippen LogP contribution in [0.2, 0.25) is 0 Å². The number of fused-ring (bicyclic) bond motifs is 2. The molecule has 4 atom stereocenters. The van der Waals surface area contributed by atoms with Crippen LogP contribution in [-0.2, 0) is 0 Å². The second-order valence-corrected chi connectivity index (χ2v) is 5.79. The molecule has 2 fully saturated rings. The van der Waals surface area contributed by atoms with Gasteiger partial charge in [-0.15, -0.1) is 0 Å². The largest absolute Gasteiger partial charge is 0.406 e. The molecule has 0 heterocycles. The molecule has 0 radical (unpaired) electrons. The molecule has 10 heavy (non-hydrogen) atoms. The van der Waals surface area contributed by atoms with E-state index in [4.69, 9.17) is 0 Å². The van der Waals surface area contributed by atoms with Crippen LogP contribution in [0.4, 0.5) is 0 Å². The minimum atomic E-state index is -0.329. The van der Waals surface area contributed by atoms with Gasteiger partial charge in [0.1, 0.15) is 0 Å². The molecule has 0 saturated heterocycles. The molecule has 0 aromatic rings. The summed E-state index contributed by atoms with van der Waals surface area (Å²) in [6.07, 6.45) is 2.69. The Morgan fingerprint density at radius 3 is 2.40 bits per heavy atom.